The number of hydrogen-bond donors (Lipinski definition) is 3. The molecular formula is C20H24BrN3O2. The minimum Gasteiger partial charge on any atom is -0.397 e. The first kappa shape index (κ1) is 20.0. The Morgan fingerprint density at radius 1 is 1.04 bits per heavy atom. The first-order valence-electron chi connectivity index (χ1n) is 8.65. The molecule has 5 nitrogen and oxygen atoms in total. The van der Waals surface area contributed by atoms with E-state index in [1.807, 2.05) is 37.3 Å². The second-order valence-corrected chi connectivity index (χ2v) is 7.13. The molecule has 2 aromatic rings. The van der Waals surface area contributed by atoms with Crippen LogP contribution in [0.25, 0.3) is 0 Å². The van der Waals surface area contributed by atoms with Crippen LogP contribution in [0.4, 0.5) is 11.4 Å². The third-order valence-corrected chi connectivity index (χ3v) is 4.46. The van der Waals surface area contributed by atoms with E-state index in [1.165, 1.54) is 0 Å². The van der Waals surface area contributed by atoms with Gasteiger partial charge in [-0.2, -0.15) is 0 Å². The summed E-state index contributed by atoms with van der Waals surface area (Å²) in [7, 11) is 0. The minimum atomic E-state index is -0.0616. The molecule has 0 saturated carbocycles. The van der Waals surface area contributed by atoms with Crippen LogP contribution < -0.4 is 16.4 Å². The molecule has 0 spiro atoms. The van der Waals surface area contributed by atoms with Crippen molar-refractivity contribution in [2.75, 3.05) is 17.6 Å². The number of nitrogen functional groups attached to an aromatic ring is 1. The van der Waals surface area contributed by atoms with Crippen LogP contribution in [0.1, 0.15) is 41.6 Å². The standard InChI is InChI=1S/C20H24BrN3O2/c1-14-6-8-15(9-7-14)20(26)23-12-4-2-3-5-19(25)24-18-11-10-16(21)13-17(18)22/h6-11,13H,2-5,12,22H2,1H3,(H,23,26)(H,24,25). The average Bonchev–Trinajstić information content (AvgIpc) is 2.61. The van der Waals surface area contributed by atoms with Crippen molar-refractivity contribution in [3.05, 3.63) is 58.1 Å². The quantitative estimate of drug-likeness (QED) is 0.442. The normalized spacial score (nSPS) is 10.4. The van der Waals surface area contributed by atoms with E-state index in [0.29, 0.717) is 29.9 Å². The van der Waals surface area contributed by atoms with Gasteiger partial charge in [0.15, 0.2) is 0 Å². The highest BCUT2D eigenvalue weighted by molar-refractivity contribution is 9.10. The zero-order valence-corrected chi connectivity index (χ0v) is 16.4. The number of benzene rings is 2. The predicted octanol–water partition coefficient (Wildman–Crippen LogP) is 4.27. The zero-order chi connectivity index (χ0) is 18.9. The van der Waals surface area contributed by atoms with Crippen LogP contribution in [-0.2, 0) is 4.79 Å². The summed E-state index contributed by atoms with van der Waals surface area (Å²) in [5.74, 6) is -0.115. The third-order valence-electron chi connectivity index (χ3n) is 3.97. The Morgan fingerprint density at radius 2 is 1.77 bits per heavy atom. The number of unbranched alkanes of at least 4 members (excludes halogenated alkanes) is 2. The van der Waals surface area contributed by atoms with Crippen LogP contribution in [0.3, 0.4) is 0 Å². The van der Waals surface area contributed by atoms with E-state index in [9.17, 15) is 9.59 Å². The number of carbonyl (C=O) groups excluding carboxylic acids is 2. The molecule has 0 aliphatic rings. The Morgan fingerprint density at radius 3 is 2.46 bits per heavy atom. The summed E-state index contributed by atoms with van der Waals surface area (Å²) in [6.07, 6.45) is 2.91. The number of carbonyl (C=O) groups is 2. The van der Waals surface area contributed by atoms with Gasteiger partial charge >= 0.3 is 0 Å². The van der Waals surface area contributed by atoms with Crippen LogP contribution >= 0.6 is 15.9 Å². The van der Waals surface area contributed by atoms with Crippen LogP contribution in [-0.4, -0.2) is 18.4 Å². The van der Waals surface area contributed by atoms with Gasteiger partial charge in [0.1, 0.15) is 0 Å². The van der Waals surface area contributed by atoms with Crippen molar-refractivity contribution in [2.45, 2.75) is 32.6 Å². The van der Waals surface area contributed by atoms with E-state index in [1.54, 1.807) is 12.1 Å². The molecule has 138 valence electrons. The lowest BCUT2D eigenvalue weighted by Crippen LogP contribution is -2.24. The molecule has 0 atom stereocenters. The van der Waals surface area contributed by atoms with Gasteiger partial charge in [0.05, 0.1) is 11.4 Å². The average molecular weight is 418 g/mol. The highest BCUT2D eigenvalue weighted by Crippen LogP contribution is 2.23. The molecule has 0 unspecified atom stereocenters. The van der Waals surface area contributed by atoms with E-state index >= 15 is 0 Å². The van der Waals surface area contributed by atoms with Gasteiger partial charge in [-0.3, -0.25) is 9.59 Å². The molecule has 0 fully saturated rings. The number of hydrogen-bond acceptors (Lipinski definition) is 3. The number of halogens is 1. The Hall–Kier alpha value is -2.34. The molecule has 0 aliphatic heterocycles. The van der Waals surface area contributed by atoms with Crippen molar-refractivity contribution < 1.29 is 9.59 Å². The summed E-state index contributed by atoms with van der Waals surface area (Å²) in [5, 5.41) is 5.72. The van der Waals surface area contributed by atoms with Gasteiger partial charge in [-0.25, -0.2) is 0 Å². The van der Waals surface area contributed by atoms with Crippen molar-refractivity contribution in [3.63, 3.8) is 0 Å². The van der Waals surface area contributed by atoms with Gasteiger partial charge in [0, 0.05) is 23.0 Å². The van der Waals surface area contributed by atoms with Crippen LogP contribution in [0.5, 0.6) is 0 Å². The molecule has 0 radical (unpaired) electrons. The third kappa shape index (κ3) is 6.52. The molecule has 0 heterocycles. The fourth-order valence-electron chi connectivity index (χ4n) is 2.46. The van der Waals surface area contributed by atoms with Crippen molar-refractivity contribution >= 4 is 39.1 Å². The molecule has 0 aliphatic carbocycles. The number of anilines is 2. The zero-order valence-electron chi connectivity index (χ0n) is 14.8. The first-order valence-corrected chi connectivity index (χ1v) is 9.45. The van der Waals surface area contributed by atoms with Crippen molar-refractivity contribution in [1.82, 2.24) is 5.32 Å². The van der Waals surface area contributed by atoms with Crippen LogP contribution in [0.2, 0.25) is 0 Å². The Labute approximate surface area is 162 Å². The summed E-state index contributed by atoms with van der Waals surface area (Å²) in [6.45, 7) is 2.59. The van der Waals surface area contributed by atoms with Crippen molar-refractivity contribution in [1.29, 1.82) is 0 Å². The van der Waals surface area contributed by atoms with Crippen LogP contribution in [0, 0.1) is 6.92 Å². The van der Waals surface area contributed by atoms with E-state index in [-0.39, 0.29) is 11.8 Å². The second-order valence-electron chi connectivity index (χ2n) is 6.21. The lowest BCUT2D eigenvalue weighted by atomic mass is 10.1. The lowest BCUT2D eigenvalue weighted by Gasteiger charge is -2.09. The highest BCUT2D eigenvalue weighted by atomic mass is 79.9. The Bertz CT molecular complexity index is 760. The number of aryl methyl sites for hydroxylation is 1. The Balaban J connectivity index is 1.60. The number of amides is 2. The smallest absolute Gasteiger partial charge is 0.251 e. The largest absolute Gasteiger partial charge is 0.397 e. The summed E-state index contributed by atoms with van der Waals surface area (Å²) >= 11 is 3.33. The molecule has 2 aromatic carbocycles. The molecule has 6 heteroatoms. The van der Waals surface area contributed by atoms with Gasteiger partial charge < -0.3 is 16.4 Å². The fraction of sp³-hybridized carbons (Fsp3) is 0.300. The molecular weight excluding hydrogens is 394 g/mol. The number of nitrogens with two attached hydrogens (primary N) is 1. The number of rotatable bonds is 8. The number of nitrogens with one attached hydrogen (secondary N) is 2. The highest BCUT2D eigenvalue weighted by Gasteiger charge is 2.06. The maximum absolute atomic E-state index is 12.0. The monoisotopic (exact) mass is 417 g/mol. The van der Waals surface area contributed by atoms with Gasteiger partial charge in [-0.1, -0.05) is 40.0 Å². The Kier molecular flexibility index (Phi) is 7.66. The van der Waals surface area contributed by atoms with Gasteiger partial charge in [0.25, 0.3) is 5.91 Å². The summed E-state index contributed by atoms with van der Waals surface area (Å²) < 4.78 is 0.876. The summed E-state index contributed by atoms with van der Waals surface area (Å²) in [5.41, 5.74) is 8.82. The molecule has 2 rings (SSSR count). The van der Waals surface area contributed by atoms with E-state index in [2.05, 4.69) is 26.6 Å². The summed E-state index contributed by atoms with van der Waals surface area (Å²) in [4.78, 5) is 23.9. The maximum atomic E-state index is 12.0. The lowest BCUT2D eigenvalue weighted by molar-refractivity contribution is -0.116. The maximum Gasteiger partial charge on any atom is 0.251 e. The molecule has 26 heavy (non-hydrogen) atoms. The first-order chi connectivity index (χ1) is 12.5. The predicted molar refractivity (Wildman–Crippen MR) is 109 cm³/mol. The fourth-order valence-corrected chi connectivity index (χ4v) is 2.84. The second kappa shape index (κ2) is 9.97. The van der Waals surface area contributed by atoms with E-state index in [4.69, 9.17) is 5.73 Å². The molecule has 0 aromatic heterocycles. The van der Waals surface area contributed by atoms with Crippen molar-refractivity contribution in [3.8, 4) is 0 Å². The molecule has 2 amide bonds. The SMILES string of the molecule is Cc1ccc(C(=O)NCCCCCC(=O)Nc2ccc(Br)cc2N)cc1. The van der Waals surface area contributed by atoms with Gasteiger partial charge in [-0.05, 0) is 50.1 Å². The van der Waals surface area contributed by atoms with E-state index in [0.717, 1.165) is 29.3 Å². The summed E-state index contributed by atoms with van der Waals surface area (Å²) in [6, 6.07) is 12.9. The molecule has 4 N–H and O–H groups in total. The van der Waals surface area contributed by atoms with Crippen LogP contribution in [0.15, 0.2) is 46.9 Å². The molecule has 0 saturated heterocycles. The molecule has 0 bridgehead atoms. The minimum absolute atomic E-state index is 0.0530. The van der Waals surface area contributed by atoms with E-state index < -0.39 is 0 Å². The van der Waals surface area contributed by atoms with Gasteiger partial charge in [-0.15, -0.1) is 0 Å². The van der Waals surface area contributed by atoms with Crippen molar-refractivity contribution in [2.24, 2.45) is 0 Å². The topological polar surface area (TPSA) is 84.2 Å². The van der Waals surface area contributed by atoms with Gasteiger partial charge in [0.2, 0.25) is 5.91 Å².